The second-order valence-corrected chi connectivity index (χ2v) is 9.01. The number of hydrogen-bond donors (Lipinski definition) is 2. The van der Waals surface area contributed by atoms with Gasteiger partial charge in [-0.1, -0.05) is 0 Å². The molecule has 5 rings (SSSR count). The molecule has 0 saturated carbocycles. The predicted molar refractivity (Wildman–Crippen MR) is 143 cm³/mol. The van der Waals surface area contributed by atoms with Crippen molar-refractivity contribution in [1.82, 2.24) is 29.6 Å². The predicted octanol–water partition coefficient (Wildman–Crippen LogP) is 2.54. The fourth-order valence-electron chi connectivity index (χ4n) is 4.13. The lowest BCUT2D eigenvalue weighted by Gasteiger charge is -2.36. The van der Waals surface area contributed by atoms with Crippen LogP contribution in [0.3, 0.4) is 0 Å². The molecule has 0 aliphatic carbocycles. The standard InChI is InChI=1S/C22H23F3N8O.C4H4O4/c1-30-16(8-10-26-30)9-15-34-18-4-2-17(3-5-18)31-11-13-32(14-12-31)20-7-6-19-27-28-21(22(23,24)25)33(19)29-20;5-3(6)1-2-4(7)8/h2-8,10H,9,11-15H2,1H3;1-2H,(H,5,6)(H,7,8)/b;2-1+. The van der Waals surface area contributed by atoms with Gasteiger partial charge in [-0.3, -0.25) is 4.68 Å². The van der Waals surface area contributed by atoms with Crippen LogP contribution in [0.1, 0.15) is 11.5 Å². The van der Waals surface area contributed by atoms with E-state index in [1.807, 2.05) is 47.0 Å². The zero-order valence-electron chi connectivity index (χ0n) is 22.3. The van der Waals surface area contributed by atoms with E-state index in [-0.39, 0.29) is 5.65 Å². The summed E-state index contributed by atoms with van der Waals surface area (Å²) in [4.78, 5) is 23.3. The molecule has 4 aromatic rings. The van der Waals surface area contributed by atoms with Crippen molar-refractivity contribution >= 4 is 29.1 Å². The molecule has 1 aliphatic rings. The number of aryl methyl sites for hydroxylation is 1. The summed E-state index contributed by atoms with van der Waals surface area (Å²) in [5.41, 5.74) is 2.25. The quantitative estimate of drug-likeness (QED) is 0.292. The van der Waals surface area contributed by atoms with Gasteiger partial charge in [0.1, 0.15) is 11.6 Å². The van der Waals surface area contributed by atoms with Crippen LogP contribution in [0.2, 0.25) is 0 Å². The van der Waals surface area contributed by atoms with Gasteiger partial charge in [0.2, 0.25) is 0 Å². The molecule has 0 bridgehead atoms. The van der Waals surface area contributed by atoms with E-state index in [4.69, 9.17) is 14.9 Å². The van der Waals surface area contributed by atoms with Crippen molar-refractivity contribution < 1.29 is 37.7 Å². The molecule has 1 fully saturated rings. The molecule has 13 nitrogen and oxygen atoms in total. The van der Waals surface area contributed by atoms with E-state index in [2.05, 4.69) is 25.3 Å². The number of anilines is 2. The number of piperazine rings is 1. The Bertz CT molecular complexity index is 1530. The van der Waals surface area contributed by atoms with Crippen LogP contribution in [-0.4, -0.2) is 84.5 Å². The highest BCUT2D eigenvalue weighted by Crippen LogP contribution is 2.28. The minimum atomic E-state index is -4.61. The Morgan fingerprint density at radius 2 is 1.57 bits per heavy atom. The van der Waals surface area contributed by atoms with E-state index < -0.39 is 23.9 Å². The molecule has 0 amide bonds. The first kappa shape index (κ1) is 29.8. The summed E-state index contributed by atoms with van der Waals surface area (Å²) in [6.07, 6.45) is -0.949. The number of benzene rings is 1. The summed E-state index contributed by atoms with van der Waals surface area (Å²) in [6, 6.07) is 13.1. The van der Waals surface area contributed by atoms with Crippen molar-refractivity contribution in [2.75, 3.05) is 42.6 Å². The van der Waals surface area contributed by atoms with Crippen LogP contribution in [0, 0.1) is 0 Å². The van der Waals surface area contributed by atoms with Gasteiger partial charge in [-0.15, -0.1) is 15.3 Å². The van der Waals surface area contributed by atoms with Crippen LogP contribution in [0.15, 0.2) is 60.8 Å². The Morgan fingerprint density at radius 1 is 0.929 bits per heavy atom. The van der Waals surface area contributed by atoms with Crippen LogP contribution in [0.5, 0.6) is 5.75 Å². The highest BCUT2D eigenvalue weighted by atomic mass is 19.4. The van der Waals surface area contributed by atoms with Gasteiger partial charge in [-0.2, -0.15) is 22.8 Å². The summed E-state index contributed by atoms with van der Waals surface area (Å²) in [7, 11) is 1.91. The second kappa shape index (κ2) is 13.0. The summed E-state index contributed by atoms with van der Waals surface area (Å²) in [6.45, 7) is 3.26. The zero-order valence-corrected chi connectivity index (χ0v) is 22.3. The third-order valence-electron chi connectivity index (χ3n) is 6.23. The number of carboxylic acid groups (broad SMARTS) is 2. The van der Waals surface area contributed by atoms with E-state index in [9.17, 15) is 22.8 Å². The van der Waals surface area contributed by atoms with Crippen LogP contribution in [0.25, 0.3) is 5.65 Å². The summed E-state index contributed by atoms with van der Waals surface area (Å²) in [5.74, 6) is -2.36. The molecule has 0 spiro atoms. The van der Waals surface area contributed by atoms with E-state index in [0.717, 1.165) is 28.1 Å². The molecule has 16 heteroatoms. The molecule has 222 valence electrons. The molecule has 42 heavy (non-hydrogen) atoms. The van der Waals surface area contributed by atoms with Crippen molar-refractivity contribution in [3.05, 3.63) is 72.3 Å². The number of ether oxygens (including phenoxy) is 1. The van der Waals surface area contributed by atoms with Gasteiger partial charge in [0.15, 0.2) is 5.65 Å². The normalized spacial score (nSPS) is 13.7. The Morgan fingerprint density at radius 3 is 2.14 bits per heavy atom. The Labute approximate surface area is 237 Å². The molecule has 0 unspecified atom stereocenters. The van der Waals surface area contributed by atoms with Gasteiger partial charge in [-0.25, -0.2) is 9.59 Å². The molecule has 2 N–H and O–H groups in total. The molecular weight excluding hydrogens is 561 g/mol. The molecule has 4 heterocycles. The maximum absolute atomic E-state index is 13.1. The molecule has 0 radical (unpaired) electrons. The lowest BCUT2D eigenvalue weighted by Crippen LogP contribution is -2.47. The van der Waals surface area contributed by atoms with Crippen molar-refractivity contribution in [2.24, 2.45) is 7.05 Å². The summed E-state index contributed by atoms with van der Waals surface area (Å²) in [5, 5.41) is 30.7. The number of aliphatic carboxylic acids is 2. The number of rotatable bonds is 8. The molecule has 0 atom stereocenters. The highest BCUT2D eigenvalue weighted by Gasteiger charge is 2.37. The van der Waals surface area contributed by atoms with Gasteiger partial charge in [0.05, 0.1) is 6.61 Å². The fraction of sp³-hybridized carbons (Fsp3) is 0.308. The average Bonchev–Trinajstić information content (AvgIpc) is 3.58. The van der Waals surface area contributed by atoms with Gasteiger partial charge in [-0.05, 0) is 42.5 Å². The number of aromatic nitrogens is 6. The van der Waals surface area contributed by atoms with E-state index in [0.29, 0.717) is 50.8 Å². The number of carboxylic acids is 2. The van der Waals surface area contributed by atoms with Crippen molar-refractivity contribution in [3.63, 3.8) is 0 Å². The SMILES string of the molecule is Cn1nccc1CCOc1ccc(N2CCN(c3ccc4nnc(C(F)(F)F)n4n3)CC2)cc1.O=C(O)/C=C/C(=O)O. The summed E-state index contributed by atoms with van der Waals surface area (Å²) < 4.78 is 47.9. The number of halogens is 3. The Kier molecular flexibility index (Phi) is 9.24. The first-order chi connectivity index (χ1) is 20.0. The van der Waals surface area contributed by atoms with E-state index >= 15 is 0 Å². The smallest absolute Gasteiger partial charge is 0.453 e. The molecular formula is C26H27F3N8O5. The lowest BCUT2D eigenvalue weighted by atomic mass is 10.2. The van der Waals surface area contributed by atoms with E-state index in [1.54, 1.807) is 12.3 Å². The van der Waals surface area contributed by atoms with Crippen LogP contribution in [-0.2, 0) is 29.2 Å². The van der Waals surface area contributed by atoms with Crippen LogP contribution < -0.4 is 14.5 Å². The fourth-order valence-corrected chi connectivity index (χ4v) is 4.13. The topological polar surface area (TPSA) is 151 Å². The number of fused-ring (bicyclic) bond motifs is 1. The van der Waals surface area contributed by atoms with Crippen LogP contribution in [0.4, 0.5) is 24.7 Å². The van der Waals surface area contributed by atoms with Crippen molar-refractivity contribution in [3.8, 4) is 5.75 Å². The largest absolute Gasteiger partial charge is 0.493 e. The van der Waals surface area contributed by atoms with Gasteiger partial charge in [0, 0.05) is 69.4 Å². The lowest BCUT2D eigenvalue weighted by molar-refractivity contribution is -0.146. The molecule has 1 saturated heterocycles. The first-order valence-corrected chi connectivity index (χ1v) is 12.6. The number of carbonyl (C=O) groups is 2. The molecule has 3 aromatic heterocycles. The van der Waals surface area contributed by atoms with Gasteiger partial charge in [0.25, 0.3) is 5.82 Å². The first-order valence-electron chi connectivity index (χ1n) is 12.6. The number of alkyl halides is 3. The number of nitrogens with zero attached hydrogens (tertiary/aromatic N) is 8. The zero-order chi connectivity index (χ0) is 30.3. The van der Waals surface area contributed by atoms with Gasteiger partial charge >= 0.3 is 18.1 Å². The summed E-state index contributed by atoms with van der Waals surface area (Å²) >= 11 is 0. The highest BCUT2D eigenvalue weighted by molar-refractivity contribution is 5.89. The third kappa shape index (κ3) is 7.74. The minimum absolute atomic E-state index is 0.0670. The van der Waals surface area contributed by atoms with Crippen molar-refractivity contribution in [2.45, 2.75) is 12.6 Å². The third-order valence-corrected chi connectivity index (χ3v) is 6.23. The molecule has 1 aromatic carbocycles. The van der Waals surface area contributed by atoms with Crippen LogP contribution >= 0.6 is 0 Å². The maximum atomic E-state index is 13.1. The number of hydrogen-bond acceptors (Lipinski definition) is 9. The Hall–Kier alpha value is -5.15. The molecule has 1 aliphatic heterocycles. The van der Waals surface area contributed by atoms with E-state index in [1.165, 1.54) is 6.07 Å². The van der Waals surface area contributed by atoms with Crippen molar-refractivity contribution in [1.29, 1.82) is 0 Å². The Balaban J connectivity index is 0.000000446. The minimum Gasteiger partial charge on any atom is -0.493 e. The van der Waals surface area contributed by atoms with Gasteiger partial charge < -0.3 is 24.7 Å². The second-order valence-electron chi connectivity index (χ2n) is 9.01. The maximum Gasteiger partial charge on any atom is 0.453 e. The average molecular weight is 589 g/mol. The monoisotopic (exact) mass is 588 g/mol.